The molecule has 18 heavy (non-hydrogen) atoms. The first-order valence-corrected chi connectivity index (χ1v) is 5.48. The van der Waals surface area contributed by atoms with E-state index >= 15 is 0 Å². The number of carbonyl (C=O) groups is 3. The van der Waals surface area contributed by atoms with Crippen LogP contribution >= 0.6 is 0 Å². The minimum atomic E-state index is -0.780. The standard InChI is InChI=1S/C12H13N3O3/c1-14-10(16)11(17)15(12(14)18)7-6-8-2-4-9(13)5-3-8/h2-5H,6-7,13H2,1H3. The molecule has 0 unspecified atom stereocenters. The highest BCUT2D eigenvalue weighted by molar-refractivity contribution is 6.44. The van der Waals surface area contributed by atoms with Crippen LogP contribution in [0.5, 0.6) is 0 Å². The van der Waals surface area contributed by atoms with Gasteiger partial charge in [0.1, 0.15) is 0 Å². The lowest BCUT2D eigenvalue weighted by molar-refractivity contribution is -0.142. The van der Waals surface area contributed by atoms with Gasteiger partial charge in [-0.2, -0.15) is 0 Å². The van der Waals surface area contributed by atoms with E-state index in [4.69, 9.17) is 5.73 Å². The van der Waals surface area contributed by atoms with Crippen LogP contribution in [0.1, 0.15) is 5.56 Å². The average molecular weight is 247 g/mol. The van der Waals surface area contributed by atoms with Gasteiger partial charge in [0.25, 0.3) is 0 Å². The number of amides is 4. The largest absolute Gasteiger partial charge is 0.399 e. The Morgan fingerprint density at radius 3 is 2.17 bits per heavy atom. The molecule has 0 aromatic heterocycles. The zero-order valence-corrected chi connectivity index (χ0v) is 9.92. The monoisotopic (exact) mass is 247 g/mol. The first-order chi connectivity index (χ1) is 8.50. The van der Waals surface area contributed by atoms with Crippen molar-refractivity contribution in [1.29, 1.82) is 0 Å². The summed E-state index contributed by atoms with van der Waals surface area (Å²) >= 11 is 0. The molecule has 1 aliphatic heterocycles. The maximum atomic E-state index is 11.6. The molecule has 1 fully saturated rings. The van der Waals surface area contributed by atoms with Crippen LogP contribution in [0.15, 0.2) is 24.3 Å². The van der Waals surface area contributed by atoms with E-state index in [0.717, 1.165) is 15.4 Å². The number of carbonyl (C=O) groups excluding carboxylic acids is 3. The second-order valence-corrected chi connectivity index (χ2v) is 4.10. The van der Waals surface area contributed by atoms with Gasteiger partial charge in [0, 0.05) is 19.3 Å². The van der Waals surface area contributed by atoms with E-state index in [1.165, 1.54) is 7.05 Å². The molecule has 1 heterocycles. The Bertz CT molecular complexity index is 510. The number of imide groups is 2. The molecule has 6 heteroatoms. The van der Waals surface area contributed by atoms with Crippen LogP contribution in [0, 0.1) is 0 Å². The van der Waals surface area contributed by atoms with Gasteiger partial charge in [0.15, 0.2) is 0 Å². The minimum absolute atomic E-state index is 0.192. The summed E-state index contributed by atoms with van der Waals surface area (Å²) in [6.07, 6.45) is 0.499. The summed E-state index contributed by atoms with van der Waals surface area (Å²) in [5.41, 5.74) is 7.16. The molecule has 2 rings (SSSR count). The van der Waals surface area contributed by atoms with Crippen molar-refractivity contribution in [3.8, 4) is 0 Å². The molecule has 0 spiro atoms. The van der Waals surface area contributed by atoms with Crippen LogP contribution in [0.3, 0.4) is 0 Å². The maximum absolute atomic E-state index is 11.6. The third-order valence-electron chi connectivity index (χ3n) is 2.85. The van der Waals surface area contributed by atoms with Crippen LogP contribution in [0.2, 0.25) is 0 Å². The van der Waals surface area contributed by atoms with Crippen LogP contribution in [0.4, 0.5) is 10.5 Å². The fourth-order valence-corrected chi connectivity index (χ4v) is 1.74. The van der Waals surface area contributed by atoms with Crippen molar-refractivity contribution in [3.63, 3.8) is 0 Å². The number of nitrogen functional groups attached to an aromatic ring is 1. The Morgan fingerprint density at radius 1 is 1.06 bits per heavy atom. The van der Waals surface area contributed by atoms with Gasteiger partial charge in [0.05, 0.1) is 0 Å². The van der Waals surface area contributed by atoms with Gasteiger partial charge < -0.3 is 5.73 Å². The summed E-state index contributed by atoms with van der Waals surface area (Å²) in [6.45, 7) is 0.192. The number of nitrogens with zero attached hydrogens (tertiary/aromatic N) is 2. The number of urea groups is 1. The SMILES string of the molecule is CN1C(=O)C(=O)N(CCc2ccc(N)cc2)C1=O. The van der Waals surface area contributed by atoms with E-state index in [2.05, 4.69) is 0 Å². The highest BCUT2D eigenvalue weighted by Gasteiger charge is 2.41. The molecular formula is C12H13N3O3. The van der Waals surface area contributed by atoms with Crippen LogP contribution in [-0.4, -0.2) is 41.2 Å². The molecule has 0 aliphatic carbocycles. The topological polar surface area (TPSA) is 83.7 Å². The van der Waals surface area contributed by atoms with E-state index in [0.29, 0.717) is 12.1 Å². The minimum Gasteiger partial charge on any atom is -0.399 e. The van der Waals surface area contributed by atoms with Crippen molar-refractivity contribution in [2.45, 2.75) is 6.42 Å². The molecule has 94 valence electrons. The van der Waals surface area contributed by atoms with Gasteiger partial charge in [0.2, 0.25) is 0 Å². The van der Waals surface area contributed by atoms with Crippen LogP contribution < -0.4 is 5.73 Å². The molecule has 1 aromatic carbocycles. The number of anilines is 1. The van der Waals surface area contributed by atoms with Crippen molar-refractivity contribution in [2.24, 2.45) is 0 Å². The molecule has 0 atom stereocenters. The summed E-state index contributed by atoms with van der Waals surface area (Å²) in [5, 5.41) is 0. The predicted octanol–water partition coefficient (Wildman–Crippen LogP) is 0.232. The number of nitrogens with two attached hydrogens (primary N) is 1. The molecule has 6 nitrogen and oxygen atoms in total. The van der Waals surface area contributed by atoms with Gasteiger partial charge in [-0.25, -0.2) is 4.79 Å². The predicted molar refractivity (Wildman–Crippen MR) is 64.4 cm³/mol. The quantitative estimate of drug-likeness (QED) is 0.471. The third kappa shape index (κ3) is 2.04. The maximum Gasteiger partial charge on any atom is 0.333 e. The lowest BCUT2D eigenvalue weighted by Gasteiger charge is -2.12. The first kappa shape index (κ1) is 12.1. The molecule has 1 aromatic rings. The number of hydrogen-bond donors (Lipinski definition) is 1. The van der Waals surface area contributed by atoms with Gasteiger partial charge in [-0.15, -0.1) is 0 Å². The highest BCUT2D eigenvalue weighted by Crippen LogP contribution is 2.12. The Kier molecular flexibility index (Phi) is 3.01. The second kappa shape index (κ2) is 4.48. The van der Waals surface area contributed by atoms with E-state index in [-0.39, 0.29) is 6.54 Å². The summed E-state index contributed by atoms with van der Waals surface area (Å²) in [7, 11) is 1.30. The third-order valence-corrected chi connectivity index (χ3v) is 2.85. The van der Waals surface area contributed by atoms with Gasteiger partial charge >= 0.3 is 17.8 Å². The molecule has 0 bridgehead atoms. The Balaban J connectivity index is 2.03. The van der Waals surface area contributed by atoms with Crippen LogP contribution in [-0.2, 0) is 16.0 Å². The molecule has 2 N–H and O–H groups in total. The van der Waals surface area contributed by atoms with Crippen molar-refractivity contribution in [3.05, 3.63) is 29.8 Å². The fraction of sp³-hybridized carbons (Fsp3) is 0.250. The molecule has 0 radical (unpaired) electrons. The number of rotatable bonds is 3. The normalized spacial score (nSPS) is 15.7. The van der Waals surface area contributed by atoms with Crippen molar-refractivity contribution in [2.75, 3.05) is 19.3 Å². The Morgan fingerprint density at radius 2 is 1.67 bits per heavy atom. The van der Waals surface area contributed by atoms with E-state index in [9.17, 15) is 14.4 Å². The number of benzene rings is 1. The molecule has 4 amide bonds. The van der Waals surface area contributed by atoms with Crippen molar-refractivity contribution < 1.29 is 14.4 Å². The molecular weight excluding hydrogens is 234 g/mol. The van der Waals surface area contributed by atoms with Crippen LogP contribution in [0.25, 0.3) is 0 Å². The highest BCUT2D eigenvalue weighted by atomic mass is 16.2. The summed E-state index contributed by atoms with van der Waals surface area (Å²) in [6, 6.07) is 6.58. The smallest absolute Gasteiger partial charge is 0.333 e. The van der Waals surface area contributed by atoms with E-state index in [1.807, 2.05) is 12.1 Å². The van der Waals surface area contributed by atoms with Gasteiger partial charge in [-0.1, -0.05) is 12.1 Å². The molecule has 0 saturated carbocycles. The lowest BCUT2D eigenvalue weighted by atomic mass is 10.1. The molecule has 1 saturated heterocycles. The number of hydrogen-bond acceptors (Lipinski definition) is 4. The van der Waals surface area contributed by atoms with Gasteiger partial charge in [-0.3, -0.25) is 19.4 Å². The van der Waals surface area contributed by atoms with E-state index < -0.39 is 17.8 Å². The first-order valence-electron chi connectivity index (χ1n) is 5.48. The summed E-state index contributed by atoms with van der Waals surface area (Å²) in [5.74, 6) is -1.55. The summed E-state index contributed by atoms with van der Waals surface area (Å²) < 4.78 is 0. The average Bonchev–Trinajstić information content (AvgIpc) is 2.54. The zero-order chi connectivity index (χ0) is 13.3. The van der Waals surface area contributed by atoms with E-state index in [1.54, 1.807) is 12.1 Å². The van der Waals surface area contributed by atoms with Crippen molar-refractivity contribution >= 4 is 23.5 Å². The lowest BCUT2D eigenvalue weighted by Crippen LogP contribution is -2.33. The number of likely N-dealkylation sites (N-methyl/N-ethyl adjacent to an activating group) is 1. The zero-order valence-electron chi connectivity index (χ0n) is 9.92. The Hall–Kier alpha value is -2.37. The summed E-state index contributed by atoms with van der Waals surface area (Å²) in [4.78, 5) is 36.1. The van der Waals surface area contributed by atoms with Gasteiger partial charge in [-0.05, 0) is 24.1 Å². The molecule has 1 aliphatic rings. The fourth-order valence-electron chi connectivity index (χ4n) is 1.74. The second-order valence-electron chi connectivity index (χ2n) is 4.10. The Labute approximate surface area is 104 Å². The van der Waals surface area contributed by atoms with Crippen molar-refractivity contribution in [1.82, 2.24) is 9.80 Å².